The molecule has 5 nitrogen and oxygen atoms in total. The fraction of sp³-hybridized carbons (Fsp3) is 0.455. The Morgan fingerprint density at radius 3 is 3.00 bits per heavy atom. The third kappa shape index (κ3) is 3.01. The number of carbonyl (C=O) groups is 1. The Balaban J connectivity index is 1.47. The molecule has 146 valence electrons. The third-order valence-electron chi connectivity index (χ3n) is 6.27. The molecule has 0 bridgehead atoms. The second-order valence-electron chi connectivity index (χ2n) is 8.00. The van der Waals surface area contributed by atoms with Gasteiger partial charge in [-0.05, 0) is 24.5 Å². The number of rotatable bonds is 4. The number of fused-ring (bicyclic) bond motifs is 2. The molecule has 0 spiro atoms. The number of hydrogen-bond acceptors (Lipinski definition) is 3. The Kier molecular flexibility index (Phi) is 4.41. The van der Waals surface area contributed by atoms with Crippen molar-refractivity contribution in [3.8, 4) is 0 Å². The van der Waals surface area contributed by atoms with Gasteiger partial charge in [-0.1, -0.05) is 37.8 Å². The molecule has 5 rings (SSSR count). The van der Waals surface area contributed by atoms with E-state index in [0.717, 1.165) is 24.2 Å². The molecule has 1 atom stereocenters. The summed E-state index contributed by atoms with van der Waals surface area (Å²) in [5.74, 6) is 0.989. The standard InChI is InChI=1S/C22H24FN3O2/c23-16-7-3-6-15-12-18(28-22(15)16)21-20-17(24-13-25-20)10-11-26(21)19(27)9-8-14-4-1-2-5-14/h3,6-7,12-14,21H,1-2,4-5,8-11H2,(H,24,25)/t21-/m0/s1. The largest absolute Gasteiger partial charge is 0.455 e. The first kappa shape index (κ1) is 17.5. The molecule has 2 aliphatic rings. The average molecular weight is 381 g/mol. The van der Waals surface area contributed by atoms with Crippen molar-refractivity contribution in [3.05, 3.63) is 53.6 Å². The molecule has 0 unspecified atom stereocenters. The molecule has 1 aromatic carbocycles. The summed E-state index contributed by atoms with van der Waals surface area (Å²) in [4.78, 5) is 22.6. The fourth-order valence-electron chi connectivity index (χ4n) is 4.79. The Labute approximate surface area is 162 Å². The number of nitrogens with one attached hydrogen (secondary N) is 1. The number of nitrogens with zero attached hydrogens (tertiary/aromatic N) is 2. The molecular formula is C22H24FN3O2. The number of amides is 1. The van der Waals surface area contributed by atoms with Crippen molar-refractivity contribution >= 4 is 16.9 Å². The average Bonchev–Trinajstić information content (AvgIpc) is 3.45. The first-order valence-corrected chi connectivity index (χ1v) is 10.2. The Morgan fingerprint density at radius 1 is 1.32 bits per heavy atom. The lowest BCUT2D eigenvalue weighted by molar-refractivity contribution is -0.134. The number of H-pyrrole nitrogens is 1. The van der Waals surface area contributed by atoms with Gasteiger partial charge in [0.2, 0.25) is 5.91 Å². The Hall–Kier alpha value is -2.63. The van der Waals surface area contributed by atoms with E-state index in [1.807, 2.05) is 17.0 Å². The van der Waals surface area contributed by atoms with E-state index in [2.05, 4.69) is 9.97 Å². The summed E-state index contributed by atoms with van der Waals surface area (Å²) in [6.45, 7) is 0.614. The molecule has 3 heterocycles. The van der Waals surface area contributed by atoms with Gasteiger partial charge < -0.3 is 14.3 Å². The highest BCUT2D eigenvalue weighted by molar-refractivity contribution is 5.80. The van der Waals surface area contributed by atoms with Crippen molar-refractivity contribution in [1.82, 2.24) is 14.9 Å². The van der Waals surface area contributed by atoms with E-state index >= 15 is 0 Å². The van der Waals surface area contributed by atoms with E-state index in [1.165, 1.54) is 31.7 Å². The molecule has 1 saturated carbocycles. The van der Waals surface area contributed by atoms with Crippen LogP contribution in [-0.2, 0) is 11.2 Å². The predicted molar refractivity (Wildman–Crippen MR) is 103 cm³/mol. The van der Waals surface area contributed by atoms with Crippen LogP contribution in [0.4, 0.5) is 4.39 Å². The number of halogens is 1. The summed E-state index contributed by atoms with van der Waals surface area (Å²) in [6, 6.07) is 6.32. The van der Waals surface area contributed by atoms with E-state index in [9.17, 15) is 9.18 Å². The first-order valence-electron chi connectivity index (χ1n) is 10.2. The van der Waals surface area contributed by atoms with Gasteiger partial charge in [0.05, 0.1) is 12.0 Å². The van der Waals surface area contributed by atoms with Crippen LogP contribution < -0.4 is 0 Å². The van der Waals surface area contributed by atoms with Gasteiger partial charge in [0.25, 0.3) is 0 Å². The highest BCUT2D eigenvalue weighted by Gasteiger charge is 2.36. The van der Waals surface area contributed by atoms with Crippen molar-refractivity contribution in [2.45, 2.75) is 51.0 Å². The van der Waals surface area contributed by atoms with Gasteiger partial charge in [-0.3, -0.25) is 4.79 Å². The van der Waals surface area contributed by atoms with Crippen LogP contribution in [-0.4, -0.2) is 27.3 Å². The maximum Gasteiger partial charge on any atom is 0.223 e. The SMILES string of the molecule is O=C(CCC1CCCC1)N1CCc2[nH]cnc2[C@@H]1c1cc2cccc(F)c2o1. The summed E-state index contributed by atoms with van der Waals surface area (Å²) in [6.07, 6.45) is 8.95. The van der Waals surface area contributed by atoms with E-state index in [4.69, 9.17) is 4.42 Å². The van der Waals surface area contributed by atoms with Crippen LogP contribution in [0, 0.1) is 11.7 Å². The van der Waals surface area contributed by atoms with E-state index in [1.54, 1.807) is 12.4 Å². The lowest BCUT2D eigenvalue weighted by Crippen LogP contribution is -2.40. The second kappa shape index (κ2) is 7.08. The number of aromatic nitrogens is 2. The minimum absolute atomic E-state index is 0.131. The molecule has 0 radical (unpaired) electrons. The smallest absolute Gasteiger partial charge is 0.223 e. The molecule has 1 aliphatic heterocycles. The number of aromatic amines is 1. The molecule has 6 heteroatoms. The quantitative estimate of drug-likeness (QED) is 0.710. The van der Waals surface area contributed by atoms with Crippen LogP contribution in [0.3, 0.4) is 0 Å². The number of furan rings is 1. The van der Waals surface area contributed by atoms with Crippen LogP contribution in [0.25, 0.3) is 11.0 Å². The van der Waals surface area contributed by atoms with Crippen molar-refractivity contribution in [1.29, 1.82) is 0 Å². The van der Waals surface area contributed by atoms with E-state index in [-0.39, 0.29) is 17.3 Å². The normalized spacial score (nSPS) is 20.0. The molecule has 0 saturated heterocycles. The minimum atomic E-state index is -0.405. The Bertz CT molecular complexity index is 1000. The zero-order valence-corrected chi connectivity index (χ0v) is 15.8. The van der Waals surface area contributed by atoms with Crippen molar-refractivity contribution in [2.24, 2.45) is 5.92 Å². The number of hydrogen-bond donors (Lipinski definition) is 1. The van der Waals surface area contributed by atoms with E-state index in [0.29, 0.717) is 30.0 Å². The highest BCUT2D eigenvalue weighted by atomic mass is 19.1. The molecule has 28 heavy (non-hydrogen) atoms. The summed E-state index contributed by atoms with van der Waals surface area (Å²) < 4.78 is 20.1. The number of carbonyl (C=O) groups excluding carboxylic acids is 1. The van der Waals surface area contributed by atoms with Gasteiger partial charge in [-0.25, -0.2) is 9.37 Å². The molecule has 1 amide bonds. The maximum absolute atomic E-state index is 14.2. The minimum Gasteiger partial charge on any atom is -0.455 e. The van der Waals surface area contributed by atoms with Crippen molar-refractivity contribution in [3.63, 3.8) is 0 Å². The first-order chi connectivity index (χ1) is 13.7. The number of para-hydroxylation sites is 1. The second-order valence-corrected chi connectivity index (χ2v) is 8.00. The summed E-state index contributed by atoms with van der Waals surface area (Å²) >= 11 is 0. The lowest BCUT2D eigenvalue weighted by atomic mass is 9.97. The van der Waals surface area contributed by atoms with E-state index < -0.39 is 6.04 Å². The summed E-state index contributed by atoms with van der Waals surface area (Å²) in [5.41, 5.74) is 2.06. The topological polar surface area (TPSA) is 62.1 Å². The lowest BCUT2D eigenvalue weighted by Gasteiger charge is -2.34. The third-order valence-corrected chi connectivity index (χ3v) is 6.27. The molecule has 1 aliphatic carbocycles. The van der Waals surface area contributed by atoms with Crippen molar-refractivity contribution < 1.29 is 13.6 Å². The predicted octanol–water partition coefficient (Wildman–Crippen LogP) is 4.74. The number of imidazole rings is 1. The van der Waals surface area contributed by atoms with Crippen molar-refractivity contribution in [2.75, 3.05) is 6.54 Å². The van der Waals surface area contributed by atoms with Crippen LogP contribution in [0.5, 0.6) is 0 Å². The molecular weight excluding hydrogens is 357 g/mol. The van der Waals surface area contributed by atoms with Crippen LogP contribution >= 0.6 is 0 Å². The fourth-order valence-corrected chi connectivity index (χ4v) is 4.79. The zero-order chi connectivity index (χ0) is 19.1. The summed E-state index contributed by atoms with van der Waals surface area (Å²) in [5, 5.41) is 0.705. The van der Waals surface area contributed by atoms with Gasteiger partial charge in [0.15, 0.2) is 11.4 Å². The highest BCUT2D eigenvalue weighted by Crippen LogP contribution is 2.37. The van der Waals surface area contributed by atoms with Gasteiger partial charge in [-0.2, -0.15) is 0 Å². The van der Waals surface area contributed by atoms with Crippen LogP contribution in [0.15, 0.2) is 35.0 Å². The molecule has 1 N–H and O–H groups in total. The maximum atomic E-state index is 14.2. The Morgan fingerprint density at radius 2 is 2.18 bits per heavy atom. The van der Waals surface area contributed by atoms with Gasteiger partial charge >= 0.3 is 0 Å². The molecule has 2 aromatic heterocycles. The molecule has 3 aromatic rings. The zero-order valence-electron chi connectivity index (χ0n) is 15.8. The van der Waals surface area contributed by atoms with Crippen LogP contribution in [0.2, 0.25) is 0 Å². The summed E-state index contributed by atoms with van der Waals surface area (Å²) in [7, 11) is 0. The van der Waals surface area contributed by atoms with Crippen LogP contribution in [0.1, 0.15) is 61.7 Å². The number of benzene rings is 1. The van der Waals surface area contributed by atoms with Gasteiger partial charge in [0.1, 0.15) is 11.8 Å². The van der Waals surface area contributed by atoms with Gasteiger partial charge in [-0.15, -0.1) is 0 Å². The van der Waals surface area contributed by atoms with Gasteiger partial charge in [0, 0.05) is 30.5 Å². The molecule has 1 fully saturated rings. The monoisotopic (exact) mass is 381 g/mol.